The van der Waals surface area contributed by atoms with Crippen LogP contribution in [0.4, 0.5) is 28.4 Å². The van der Waals surface area contributed by atoms with Crippen molar-refractivity contribution in [3.05, 3.63) is 72.8 Å². The van der Waals surface area contributed by atoms with Gasteiger partial charge in [-0.1, -0.05) is 25.1 Å². The van der Waals surface area contributed by atoms with Gasteiger partial charge in [0.05, 0.1) is 33.6 Å². The first kappa shape index (κ1) is 39.1. The SMILES string of the molecule is CCS(=O)(=O)c1ccc(/N=N/c2c(NC)ccc3c(O)c(/N=N/c4ccc5cccc(S(=O)(=O)CCOS(=O)(=O)O)c5c4O)ccc23)c(S(=O)(=O)O)c1. The Morgan fingerprint density at radius 3 is 1.94 bits per heavy atom. The Morgan fingerprint density at radius 1 is 0.679 bits per heavy atom. The highest BCUT2D eigenvalue weighted by molar-refractivity contribution is 7.92. The summed E-state index contributed by atoms with van der Waals surface area (Å²) in [5.41, 5.74) is -0.167. The number of aromatic hydroxyl groups is 2. The highest BCUT2D eigenvalue weighted by Crippen LogP contribution is 2.44. The number of phenols is 2. The average Bonchev–Trinajstić information content (AvgIpc) is 3.09. The van der Waals surface area contributed by atoms with Crippen molar-refractivity contribution in [1.29, 1.82) is 0 Å². The van der Waals surface area contributed by atoms with E-state index in [9.17, 15) is 48.4 Å². The highest BCUT2D eigenvalue weighted by atomic mass is 32.3. The third-order valence-corrected chi connectivity index (χ3v) is 12.5. The van der Waals surface area contributed by atoms with Crippen LogP contribution in [0.15, 0.2) is 108 Å². The lowest BCUT2D eigenvalue weighted by Crippen LogP contribution is -2.15. The average molecular weight is 808 g/mol. The fourth-order valence-electron chi connectivity index (χ4n) is 5.12. The van der Waals surface area contributed by atoms with Gasteiger partial charge in [0, 0.05) is 23.2 Å². The van der Waals surface area contributed by atoms with Gasteiger partial charge in [0.15, 0.2) is 31.2 Å². The number of sulfone groups is 2. The minimum Gasteiger partial charge on any atom is -0.505 e. The smallest absolute Gasteiger partial charge is 0.397 e. The molecule has 18 nitrogen and oxygen atoms in total. The summed E-state index contributed by atoms with van der Waals surface area (Å²) in [6.07, 6.45) is 0. The number of nitrogens with one attached hydrogen (secondary N) is 1. The summed E-state index contributed by atoms with van der Waals surface area (Å²) in [4.78, 5) is -1.50. The maximum atomic E-state index is 13.0. The summed E-state index contributed by atoms with van der Waals surface area (Å²) in [6, 6.07) is 15.8. The van der Waals surface area contributed by atoms with E-state index >= 15 is 0 Å². The molecule has 53 heavy (non-hydrogen) atoms. The van der Waals surface area contributed by atoms with Gasteiger partial charge in [-0.05, 0) is 60.0 Å². The lowest BCUT2D eigenvalue weighted by atomic mass is 10.1. The number of phenolic OH excluding ortho intramolecular Hbond substituents is 2. The van der Waals surface area contributed by atoms with E-state index in [4.69, 9.17) is 4.55 Å². The number of benzene rings is 5. The monoisotopic (exact) mass is 807 g/mol. The van der Waals surface area contributed by atoms with Crippen molar-refractivity contribution in [2.24, 2.45) is 20.5 Å². The lowest BCUT2D eigenvalue weighted by Gasteiger charge is -2.11. The Kier molecular flexibility index (Phi) is 10.9. The fourth-order valence-corrected chi connectivity index (χ4v) is 8.49. The zero-order valence-corrected chi connectivity index (χ0v) is 30.7. The van der Waals surface area contributed by atoms with Gasteiger partial charge in [0.25, 0.3) is 10.1 Å². The molecule has 5 aromatic rings. The van der Waals surface area contributed by atoms with Gasteiger partial charge in [-0.25, -0.2) is 21.0 Å². The molecule has 0 aliphatic heterocycles. The number of rotatable bonds is 13. The molecule has 0 saturated carbocycles. The molecule has 0 aliphatic carbocycles. The Balaban J connectivity index is 1.54. The Bertz CT molecular complexity index is 2790. The van der Waals surface area contributed by atoms with E-state index in [-0.39, 0.29) is 54.5 Å². The quantitative estimate of drug-likeness (QED) is 0.0683. The van der Waals surface area contributed by atoms with Gasteiger partial charge in [-0.3, -0.25) is 9.11 Å². The van der Waals surface area contributed by atoms with E-state index in [1.165, 1.54) is 61.5 Å². The molecular weight excluding hydrogens is 779 g/mol. The van der Waals surface area contributed by atoms with Crippen molar-refractivity contribution in [3.8, 4) is 11.5 Å². The molecule has 5 aromatic carbocycles. The van der Waals surface area contributed by atoms with Crippen LogP contribution < -0.4 is 5.32 Å². The van der Waals surface area contributed by atoms with Crippen molar-refractivity contribution >= 4 is 90.2 Å². The highest BCUT2D eigenvalue weighted by Gasteiger charge is 2.24. The largest absolute Gasteiger partial charge is 0.505 e. The normalized spacial score (nSPS) is 13.1. The van der Waals surface area contributed by atoms with Crippen LogP contribution in [-0.4, -0.2) is 78.2 Å². The molecule has 5 N–H and O–H groups in total. The predicted octanol–water partition coefficient (Wildman–Crippen LogP) is 5.91. The van der Waals surface area contributed by atoms with E-state index in [1.807, 2.05) is 0 Å². The standard InChI is InChI=1S/C31H29N5O13S4/c1-3-50(39,40)19-8-12-22(27(17-19)52(43,44)45)33-36-29-20-9-14-24(30(37)21(20)10-13-23(29)32-2)34-35-25-11-7-18-5-4-6-26(28(18)31(25)38)51(41,42)16-15-49-53(46,47)48/h4-14,17,32,37-38H,3,15-16H2,1-2H3,(H,43,44,45)(H,46,47,48)/b35-34+,36-33+. The number of anilines is 1. The Morgan fingerprint density at radius 2 is 1.30 bits per heavy atom. The maximum absolute atomic E-state index is 13.0. The van der Waals surface area contributed by atoms with E-state index in [2.05, 4.69) is 30.0 Å². The predicted molar refractivity (Wildman–Crippen MR) is 193 cm³/mol. The van der Waals surface area contributed by atoms with Crippen molar-refractivity contribution in [3.63, 3.8) is 0 Å². The molecule has 0 amide bonds. The van der Waals surface area contributed by atoms with E-state index < -0.39 is 68.9 Å². The second kappa shape index (κ2) is 14.7. The molecule has 0 heterocycles. The van der Waals surface area contributed by atoms with Gasteiger partial charge < -0.3 is 15.5 Å². The van der Waals surface area contributed by atoms with Gasteiger partial charge in [-0.15, -0.1) is 20.5 Å². The molecule has 5 rings (SSSR count). The van der Waals surface area contributed by atoms with Gasteiger partial charge in [0.2, 0.25) is 0 Å². The Hall–Kier alpha value is -5.10. The summed E-state index contributed by atoms with van der Waals surface area (Å²) < 4.78 is 119. The molecule has 0 saturated heterocycles. The van der Waals surface area contributed by atoms with Gasteiger partial charge >= 0.3 is 10.4 Å². The lowest BCUT2D eigenvalue weighted by molar-refractivity contribution is 0.284. The Labute approximate surface area is 303 Å². The summed E-state index contributed by atoms with van der Waals surface area (Å²) in [5.74, 6) is -2.16. The molecule has 280 valence electrons. The van der Waals surface area contributed by atoms with E-state index in [1.54, 1.807) is 7.05 Å². The van der Waals surface area contributed by atoms with E-state index in [0.717, 1.165) is 18.2 Å². The first-order valence-electron chi connectivity index (χ1n) is 15.0. The summed E-state index contributed by atoms with van der Waals surface area (Å²) in [6.45, 7) is 0.484. The molecule has 0 radical (unpaired) electrons. The van der Waals surface area contributed by atoms with Crippen molar-refractivity contribution in [2.45, 2.75) is 21.6 Å². The number of azo groups is 2. The molecule has 0 aliphatic rings. The molecule has 0 aromatic heterocycles. The van der Waals surface area contributed by atoms with Crippen LogP contribution >= 0.6 is 0 Å². The zero-order chi connectivity index (χ0) is 38.9. The van der Waals surface area contributed by atoms with Gasteiger partial charge in [0.1, 0.15) is 27.6 Å². The second-order valence-corrected chi connectivity index (χ2v) is 17.8. The molecule has 0 unspecified atom stereocenters. The molecule has 0 spiro atoms. The number of fused-ring (bicyclic) bond motifs is 2. The molecule has 22 heteroatoms. The summed E-state index contributed by atoms with van der Waals surface area (Å²) in [7, 11) is -16.4. The van der Waals surface area contributed by atoms with Crippen LogP contribution in [0.3, 0.4) is 0 Å². The van der Waals surface area contributed by atoms with E-state index in [0.29, 0.717) is 11.1 Å². The van der Waals surface area contributed by atoms with Crippen LogP contribution in [0.2, 0.25) is 0 Å². The first-order valence-corrected chi connectivity index (χ1v) is 21.1. The van der Waals surface area contributed by atoms with Crippen molar-refractivity contribution < 1.29 is 57.2 Å². The summed E-state index contributed by atoms with van der Waals surface area (Å²) >= 11 is 0. The fraction of sp³-hybridized carbons (Fsp3) is 0.161. The summed E-state index contributed by atoms with van der Waals surface area (Å²) in [5, 5.41) is 42.0. The molecule has 0 bridgehead atoms. The molecular formula is C31H29N5O13S4. The zero-order valence-electron chi connectivity index (χ0n) is 27.4. The van der Waals surface area contributed by atoms with Crippen molar-refractivity contribution in [1.82, 2.24) is 0 Å². The van der Waals surface area contributed by atoms with Crippen LogP contribution in [0.5, 0.6) is 11.5 Å². The molecule has 0 atom stereocenters. The maximum Gasteiger partial charge on any atom is 0.397 e. The van der Waals surface area contributed by atoms with Crippen LogP contribution in [-0.2, 0) is 44.4 Å². The number of hydrogen-bond donors (Lipinski definition) is 5. The van der Waals surface area contributed by atoms with Crippen LogP contribution in [0.1, 0.15) is 6.92 Å². The third kappa shape index (κ3) is 8.43. The van der Waals surface area contributed by atoms with Crippen LogP contribution in [0, 0.1) is 0 Å². The third-order valence-electron chi connectivity index (χ3n) is 7.74. The number of nitrogens with zero attached hydrogens (tertiary/aromatic N) is 4. The minimum absolute atomic E-state index is 0.0956. The van der Waals surface area contributed by atoms with Gasteiger partial charge in [-0.2, -0.15) is 16.8 Å². The molecule has 0 fully saturated rings. The first-order chi connectivity index (χ1) is 24.8. The number of hydrogen-bond acceptors (Lipinski definition) is 16. The topological polar surface area (TPSA) is 288 Å². The van der Waals surface area contributed by atoms with Crippen LogP contribution in [0.25, 0.3) is 21.5 Å². The second-order valence-electron chi connectivity index (χ2n) is 11.0. The minimum atomic E-state index is -4.94. The van der Waals surface area contributed by atoms with Crippen molar-refractivity contribution in [2.75, 3.05) is 30.5 Å².